The highest BCUT2D eigenvalue weighted by Crippen LogP contribution is 2.23. The summed E-state index contributed by atoms with van der Waals surface area (Å²) in [5, 5.41) is 12.9. The molecule has 2 aromatic rings. The van der Waals surface area contributed by atoms with Crippen LogP contribution in [0.3, 0.4) is 0 Å². The molecule has 1 aromatic heterocycles. The van der Waals surface area contributed by atoms with Gasteiger partial charge >= 0.3 is 12.1 Å². The predicted octanol–water partition coefficient (Wildman–Crippen LogP) is 2.87. The van der Waals surface area contributed by atoms with Crippen molar-refractivity contribution in [1.82, 2.24) is 10.1 Å². The molecule has 24 heavy (non-hydrogen) atoms. The maximum Gasteiger partial charge on any atom is 0.415 e. The Kier molecular flexibility index (Phi) is 4.87. The third-order valence-corrected chi connectivity index (χ3v) is 2.87. The Hall–Kier alpha value is -2.90. The van der Waals surface area contributed by atoms with Gasteiger partial charge in [-0.3, -0.25) is 9.69 Å². The molecule has 128 valence electrons. The normalized spacial score (nSPS) is 11.2. The van der Waals surface area contributed by atoms with Crippen molar-refractivity contribution in [3.63, 3.8) is 0 Å². The summed E-state index contributed by atoms with van der Waals surface area (Å²) in [5.74, 6) is -0.282. The Bertz CT molecular complexity index is 731. The van der Waals surface area contributed by atoms with Gasteiger partial charge in [0.15, 0.2) is 0 Å². The van der Waals surface area contributed by atoms with Crippen LogP contribution in [-0.4, -0.2) is 39.5 Å². The topological polar surface area (TPSA) is 106 Å². The maximum absolute atomic E-state index is 12.3. The number of aryl methyl sites for hydroxylation is 1. The molecule has 1 amide bonds. The van der Waals surface area contributed by atoms with Crippen molar-refractivity contribution in [1.29, 1.82) is 0 Å². The van der Waals surface area contributed by atoms with E-state index in [-0.39, 0.29) is 0 Å². The second-order valence-electron chi connectivity index (χ2n) is 6.14. The van der Waals surface area contributed by atoms with Gasteiger partial charge in [0.25, 0.3) is 0 Å². The lowest BCUT2D eigenvalue weighted by Crippen LogP contribution is -2.40. The number of aromatic nitrogens is 2. The Morgan fingerprint density at radius 3 is 2.33 bits per heavy atom. The molecule has 2 rings (SSSR count). The number of rotatable bonds is 4. The first-order chi connectivity index (χ1) is 11.2. The molecular weight excluding hydrogens is 314 g/mol. The lowest BCUT2D eigenvalue weighted by atomic mass is 10.2. The van der Waals surface area contributed by atoms with Crippen molar-refractivity contribution in [2.75, 3.05) is 11.4 Å². The number of hydrogen-bond acceptors (Lipinski definition) is 6. The minimum absolute atomic E-state index is 0.399. The minimum atomic E-state index is -1.14. The van der Waals surface area contributed by atoms with Crippen LogP contribution in [0.15, 0.2) is 28.8 Å². The third-order valence-electron chi connectivity index (χ3n) is 2.87. The second-order valence-corrected chi connectivity index (χ2v) is 6.14. The SMILES string of the molecule is Cc1nc(-c2ccc(N(CC(=O)O)C(=O)OC(C)(C)C)cc2)no1. The molecule has 0 unspecified atom stereocenters. The van der Waals surface area contributed by atoms with Crippen LogP contribution >= 0.6 is 0 Å². The Morgan fingerprint density at radius 1 is 1.25 bits per heavy atom. The number of amides is 1. The lowest BCUT2D eigenvalue weighted by molar-refractivity contribution is -0.135. The number of carboxylic acids is 1. The van der Waals surface area contributed by atoms with E-state index in [1.54, 1.807) is 52.0 Å². The summed E-state index contributed by atoms with van der Waals surface area (Å²) in [6.45, 7) is 6.32. The van der Waals surface area contributed by atoms with Crippen molar-refractivity contribution in [3.05, 3.63) is 30.2 Å². The molecular formula is C16H19N3O5. The molecule has 0 fully saturated rings. The average molecular weight is 333 g/mol. The standard InChI is InChI=1S/C16H19N3O5/c1-10-17-14(18-24-10)11-5-7-12(8-6-11)19(9-13(20)21)15(22)23-16(2,3)4/h5-8H,9H2,1-4H3,(H,20,21). The zero-order chi connectivity index (χ0) is 17.9. The fourth-order valence-electron chi connectivity index (χ4n) is 1.92. The zero-order valence-corrected chi connectivity index (χ0v) is 13.9. The molecule has 0 saturated carbocycles. The van der Waals surface area contributed by atoms with E-state index in [0.717, 1.165) is 4.90 Å². The van der Waals surface area contributed by atoms with E-state index in [2.05, 4.69) is 10.1 Å². The summed E-state index contributed by atoms with van der Waals surface area (Å²) in [4.78, 5) is 28.5. The van der Waals surface area contributed by atoms with Gasteiger partial charge in [0.1, 0.15) is 12.1 Å². The number of anilines is 1. The second kappa shape index (κ2) is 6.69. The first kappa shape index (κ1) is 17.5. The van der Waals surface area contributed by atoms with Gasteiger partial charge in [-0.2, -0.15) is 4.98 Å². The van der Waals surface area contributed by atoms with Crippen LogP contribution in [0.1, 0.15) is 26.7 Å². The molecule has 0 bridgehead atoms. The summed E-state index contributed by atoms with van der Waals surface area (Å²) in [7, 11) is 0. The smallest absolute Gasteiger partial charge is 0.415 e. The number of ether oxygens (including phenoxy) is 1. The zero-order valence-electron chi connectivity index (χ0n) is 13.9. The molecule has 0 aliphatic carbocycles. The molecule has 0 radical (unpaired) electrons. The first-order valence-electron chi connectivity index (χ1n) is 7.29. The summed E-state index contributed by atoms with van der Waals surface area (Å²) in [6.07, 6.45) is -0.729. The average Bonchev–Trinajstić information content (AvgIpc) is 2.89. The summed E-state index contributed by atoms with van der Waals surface area (Å²) in [6, 6.07) is 6.57. The molecule has 0 saturated heterocycles. The van der Waals surface area contributed by atoms with Crippen LogP contribution in [0, 0.1) is 6.92 Å². The molecule has 8 heteroatoms. The highest BCUT2D eigenvalue weighted by atomic mass is 16.6. The van der Waals surface area contributed by atoms with Crippen LogP contribution in [0.2, 0.25) is 0 Å². The first-order valence-corrected chi connectivity index (χ1v) is 7.29. The molecule has 1 N–H and O–H groups in total. The molecule has 0 aliphatic rings. The Morgan fingerprint density at radius 2 is 1.88 bits per heavy atom. The molecule has 0 atom stereocenters. The number of benzene rings is 1. The van der Waals surface area contributed by atoms with Gasteiger partial charge in [-0.1, -0.05) is 5.16 Å². The fourth-order valence-corrected chi connectivity index (χ4v) is 1.92. The quantitative estimate of drug-likeness (QED) is 0.917. The fraction of sp³-hybridized carbons (Fsp3) is 0.375. The summed E-state index contributed by atoms with van der Waals surface area (Å²) >= 11 is 0. The maximum atomic E-state index is 12.3. The van der Waals surface area contributed by atoms with Crippen molar-refractivity contribution in [3.8, 4) is 11.4 Å². The van der Waals surface area contributed by atoms with Gasteiger partial charge in [-0.15, -0.1) is 0 Å². The van der Waals surface area contributed by atoms with Gasteiger partial charge < -0.3 is 14.4 Å². The molecule has 1 aromatic carbocycles. The number of nitrogens with zero attached hydrogens (tertiary/aromatic N) is 3. The van der Waals surface area contributed by atoms with E-state index in [1.807, 2.05) is 0 Å². The molecule has 0 spiro atoms. The number of aliphatic carboxylic acids is 1. The summed E-state index contributed by atoms with van der Waals surface area (Å²) < 4.78 is 10.2. The lowest BCUT2D eigenvalue weighted by Gasteiger charge is -2.26. The largest absolute Gasteiger partial charge is 0.480 e. The number of carbonyl (C=O) groups is 2. The van der Waals surface area contributed by atoms with Gasteiger partial charge in [0, 0.05) is 18.2 Å². The predicted molar refractivity (Wildman–Crippen MR) is 85.7 cm³/mol. The van der Waals surface area contributed by atoms with Gasteiger partial charge in [-0.25, -0.2) is 4.79 Å². The van der Waals surface area contributed by atoms with E-state index in [4.69, 9.17) is 14.4 Å². The van der Waals surface area contributed by atoms with Crippen LogP contribution in [0.4, 0.5) is 10.5 Å². The van der Waals surface area contributed by atoms with Gasteiger partial charge in [-0.05, 0) is 45.0 Å². The van der Waals surface area contributed by atoms with Crippen LogP contribution in [0.25, 0.3) is 11.4 Å². The van der Waals surface area contributed by atoms with E-state index in [9.17, 15) is 9.59 Å². The van der Waals surface area contributed by atoms with Crippen molar-refractivity contribution < 1.29 is 24.0 Å². The number of carbonyl (C=O) groups excluding carboxylic acids is 1. The molecule has 1 heterocycles. The van der Waals surface area contributed by atoms with Gasteiger partial charge in [0.2, 0.25) is 11.7 Å². The van der Waals surface area contributed by atoms with Crippen molar-refractivity contribution in [2.24, 2.45) is 0 Å². The number of carboxylic acid groups (broad SMARTS) is 1. The van der Waals surface area contributed by atoms with Crippen molar-refractivity contribution in [2.45, 2.75) is 33.3 Å². The monoisotopic (exact) mass is 333 g/mol. The van der Waals surface area contributed by atoms with Crippen LogP contribution in [0.5, 0.6) is 0 Å². The van der Waals surface area contributed by atoms with Gasteiger partial charge in [0.05, 0.1) is 0 Å². The third kappa shape index (κ3) is 4.55. The van der Waals surface area contributed by atoms with E-state index >= 15 is 0 Å². The molecule has 0 aliphatic heterocycles. The van der Waals surface area contributed by atoms with Crippen LogP contribution < -0.4 is 4.90 Å². The van der Waals surface area contributed by atoms with E-state index < -0.39 is 24.2 Å². The highest BCUT2D eigenvalue weighted by Gasteiger charge is 2.25. The highest BCUT2D eigenvalue weighted by molar-refractivity contribution is 5.93. The Balaban J connectivity index is 2.26. The Labute approximate surface area is 139 Å². The summed E-state index contributed by atoms with van der Waals surface area (Å²) in [5.41, 5.74) is 0.362. The van der Waals surface area contributed by atoms with Crippen LogP contribution in [-0.2, 0) is 9.53 Å². The van der Waals surface area contributed by atoms with E-state index in [0.29, 0.717) is 23.0 Å². The minimum Gasteiger partial charge on any atom is -0.480 e. The number of hydrogen-bond donors (Lipinski definition) is 1. The van der Waals surface area contributed by atoms with E-state index in [1.165, 1.54) is 0 Å². The van der Waals surface area contributed by atoms with Crippen molar-refractivity contribution >= 4 is 17.7 Å². The molecule has 8 nitrogen and oxygen atoms in total.